The fraction of sp³-hybridized carbons (Fsp3) is 0.0909. The Balaban J connectivity index is 1.63. The fourth-order valence-corrected chi connectivity index (χ4v) is 3.13. The standard InChI is InChI=1S/C22H17N3O5/c1-13-22(27)24-18-12-16(8-10-20(18)30-13)23-17-9-7-15(11-19(17)25(28)29)21(26)14-5-3-2-4-6-14/h2-13,23H,1H3,(H,24,27)/t13-/m0/s1. The molecule has 0 bridgehead atoms. The van der Waals surface area contributed by atoms with Gasteiger partial charge in [-0.25, -0.2) is 0 Å². The summed E-state index contributed by atoms with van der Waals surface area (Å²) < 4.78 is 5.51. The van der Waals surface area contributed by atoms with Crippen molar-refractivity contribution in [3.8, 4) is 5.75 Å². The molecule has 1 aliphatic heterocycles. The van der Waals surface area contributed by atoms with Gasteiger partial charge in [-0.05, 0) is 37.3 Å². The van der Waals surface area contributed by atoms with Gasteiger partial charge in [-0.3, -0.25) is 19.7 Å². The summed E-state index contributed by atoms with van der Waals surface area (Å²) in [6.07, 6.45) is -0.591. The number of benzene rings is 3. The van der Waals surface area contributed by atoms with Crippen molar-refractivity contribution in [3.05, 3.63) is 88.0 Å². The molecule has 1 aliphatic rings. The number of carbonyl (C=O) groups is 2. The molecule has 1 amide bonds. The summed E-state index contributed by atoms with van der Waals surface area (Å²) in [6.45, 7) is 1.64. The number of carbonyl (C=O) groups excluding carboxylic acids is 2. The third-order valence-corrected chi connectivity index (χ3v) is 4.68. The molecule has 1 heterocycles. The van der Waals surface area contributed by atoms with Crippen molar-refractivity contribution in [2.24, 2.45) is 0 Å². The maximum atomic E-state index is 12.6. The van der Waals surface area contributed by atoms with E-state index in [4.69, 9.17) is 4.74 Å². The predicted molar refractivity (Wildman–Crippen MR) is 111 cm³/mol. The lowest BCUT2D eigenvalue weighted by molar-refractivity contribution is -0.383. The summed E-state index contributed by atoms with van der Waals surface area (Å²) in [5, 5.41) is 17.3. The lowest BCUT2D eigenvalue weighted by atomic mass is 10.0. The van der Waals surface area contributed by atoms with Crippen LogP contribution >= 0.6 is 0 Å². The molecule has 8 nitrogen and oxygen atoms in total. The van der Waals surface area contributed by atoms with E-state index >= 15 is 0 Å². The minimum atomic E-state index is -0.591. The maximum absolute atomic E-state index is 12.6. The molecule has 1 atom stereocenters. The molecule has 150 valence electrons. The van der Waals surface area contributed by atoms with E-state index in [1.807, 2.05) is 0 Å². The molecule has 0 saturated heterocycles. The zero-order valence-electron chi connectivity index (χ0n) is 15.9. The van der Waals surface area contributed by atoms with Crippen molar-refractivity contribution in [2.75, 3.05) is 10.6 Å². The lowest BCUT2D eigenvalue weighted by Gasteiger charge is -2.23. The summed E-state index contributed by atoms with van der Waals surface area (Å²) in [5.74, 6) is -0.0478. The number of nitrogens with one attached hydrogen (secondary N) is 2. The second-order valence-corrected chi connectivity index (χ2v) is 6.77. The minimum Gasteiger partial charge on any atom is -0.479 e. The molecule has 0 unspecified atom stereocenters. The monoisotopic (exact) mass is 403 g/mol. The number of ether oxygens (including phenoxy) is 1. The van der Waals surface area contributed by atoms with Gasteiger partial charge in [0.25, 0.3) is 11.6 Å². The van der Waals surface area contributed by atoms with Crippen LogP contribution in [0.3, 0.4) is 0 Å². The third-order valence-electron chi connectivity index (χ3n) is 4.68. The molecular weight excluding hydrogens is 386 g/mol. The molecule has 2 N–H and O–H groups in total. The first-order valence-electron chi connectivity index (χ1n) is 9.19. The van der Waals surface area contributed by atoms with Gasteiger partial charge in [0.05, 0.1) is 10.6 Å². The highest BCUT2D eigenvalue weighted by Gasteiger charge is 2.24. The number of anilines is 3. The van der Waals surface area contributed by atoms with Crippen molar-refractivity contribution in [2.45, 2.75) is 13.0 Å². The number of nitro groups is 1. The van der Waals surface area contributed by atoms with Gasteiger partial charge >= 0.3 is 0 Å². The van der Waals surface area contributed by atoms with E-state index in [-0.39, 0.29) is 28.6 Å². The number of ketones is 1. The van der Waals surface area contributed by atoms with Crippen LogP contribution in [0, 0.1) is 10.1 Å². The van der Waals surface area contributed by atoms with E-state index in [9.17, 15) is 19.7 Å². The summed E-state index contributed by atoms with van der Waals surface area (Å²) in [6, 6.07) is 17.8. The van der Waals surface area contributed by atoms with Crippen LogP contribution in [0.5, 0.6) is 5.75 Å². The smallest absolute Gasteiger partial charge is 0.293 e. The molecule has 0 radical (unpaired) electrons. The van der Waals surface area contributed by atoms with Gasteiger partial charge in [-0.1, -0.05) is 30.3 Å². The molecule has 0 aromatic heterocycles. The fourth-order valence-electron chi connectivity index (χ4n) is 3.13. The molecule has 3 aromatic carbocycles. The molecule has 4 rings (SSSR count). The molecule has 3 aromatic rings. The largest absolute Gasteiger partial charge is 0.479 e. The Morgan fingerprint density at radius 1 is 1.07 bits per heavy atom. The Kier molecular flexibility index (Phi) is 4.89. The molecule has 0 spiro atoms. The van der Waals surface area contributed by atoms with Crippen LogP contribution < -0.4 is 15.4 Å². The molecular formula is C22H17N3O5. The van der Waals surface area contributed by atoms with Gasteiger partial charge in [0.1, 0.15) is 11.4 Å². The first kappa shape index (κ1) is 19.1. The van der Waals surface area contributed by atoms with E-state index in [0.29, 0.717) is 22.7 Å². The number of fused-ring (bicyclic) bond motifs is 1. The normalized spacial score (nSPS) is 14.8. The van der Waals surface area contributed by atoms with E-state index in [1.165, 1.54) is 18.2 Å². The van der Waals surface area contributed by atoms with Crippen molar-refractivity contribution in [3.63, 3.8) is 0 Å². The number of hydrogen-bond acceptors (Lipinski definition) is 6. The van der Waals surface area contributed by atoms with Crippen molar-refractivity contribution in [1.29, 1.82) is 0 Å². The van der Waals surface area contributed by atoms with E-state index in [0.717, 1.165) is 0 Å². The molecule has 0 saturated carbocycles. The van der Waals surface area contributed by atoms with Crippen molar-refractivity contribution < 1.29 is 19.2 Å². The molecule has 0 aliphatic carbocycles. The summed E-state index contributed by atoms with van der Waals surface area (Å²) in [7, 11) is 0. The van der Waals surface area contributed by atoms with Crippen LogP contribution in [-0.4, -0.2) is 22.7 Å². The van der Waals surface area contributed by atoms with Crippen LogP contribution in [0.1, 0.15) is 22.8 Å². The van der Waals surface area contributed by atoms with Gasteiger partial charge in [0, 0.05) is 22.9 Å². The first-order valence-corrected chi connectivity index (χ1v) is 9.19. The number of nitrogens with zero attached hydrogens (tertiary/aromatic N) is 1. The van der Waals surface area contributed by atoms with Gasteiger partial charge in [-0.15, -0.1) is 0 Å². The number of rotatable bonds is 5. The first-order chi connectivity index (χ1) is 14.4. The lowest BCUT2D eigenvalue weighted by Crippen LogP contribution is -2.34. The SMILES string of the molecule is C[C@@H]1Oc2ccc(Nc3ccc(C(=O)c4ccccc4)cc3[N+](=O)[O-])cc2NC1=O. The maximum Gasteiger partial charge on any atom is 0.293 e. The Morgan fingerprint density at radius 3 is 2.57 bits per heavy atom. The van der Waals surface area contributed by atoms with E-state index in [1.54, 1.807) is 55.5 Å². The number of amides is 1. The predicted octanol–water partition coefficient (Wildman–Crippen LogP) is 4.29. The average Bonchev–Trinajstić information content (AvgIpc) is 2.75. The van der Waals surface area contributed by atoms with Crippen molar-refractivity contribution >= 4 is 34.4 Å². The van der Waals surface area contributed by atoms with E-state index in [2.05, 4.69) is 10.6 Å². The van der Waals surface area contributed by atoms with Crippen LogP contribution in [0.4, 0.5) is 22.7 Å². The Bertz CT molecular complexity index is 1160. The van der Waals surface area contributed by atoms with Crippen LogP contribution in [0.25, 0.3) is 0 Å². The number of hydrogen-bond donors (Lipinski definition) is 2. The second-order valence-electron chi connectivity index (χ2n) is 6.77. The van der Waals surface area contributed by atoms with Crippen LogP contribution in [0.2, 0.25) is 0 Å². The molecule has 8 heteroatoms. The third kappa shape index (κ3) is 3.70. The Morgan fingerprint density at radius 2 is 1.83 bits per heavy atom. The number of nitro benzene ring substituents is 1. The van der Waals surface area contributed by atoms with Gasteiger partial charge in [0.15, 0.2) is 11.9 Å². The summed E-state index contributed by atoms with van der Waals surface area (Å²) in [5.41, 5.74) is 1.66. The van der Waals surface area contributed by atoms with Crippen LogP contribution in [-0.2, 0) is 4.79 Å². The second kappa shape index (κ2) is 7.67. The van der Waals surface area contributed by atoms with Gasteiger partial charge < -0.3 is 15.4 Å². The zero-order chi connectivity index (χ0) is 21.3. The Labute approximate surface area is 171 Å². The summed E-state index contributed by atoms with van der Waals surface area (Å²) >= 11 is 0. The Hall–Kier alpha value is -4.20. The quantitative estimate of drug-likeness (QED) is 0.374. The topological polar surface area (TPSA) is 111 Å². The minimum absolute atomic E-state index is 0.221. The van der Waals surface area contributed by atoms with Gasteiger partial charge in [-0.2, -0.15) is 0 Å². The average molecular weight is 403 g/mol. The zero-order valence-corrected chi connectivity index (χ0v) is 15.9. The summed E-state index contributed by atoms with van der Waals surface area (Å²) in [4.78, 5) is 35.5. The van der Waals surface area contributed by atoms with Gasteiger partial charge in [0.2, 0.25) is 0 Å². The highest BCUT2D eigenvalue weighted by atomic mass is 16.6. The molecule has 30 heavy (non-hydrogen) atoms. The molecule has 0 fully saturated rings. The highest BCUT2D eigenvalue weighted by Crippen LogP contribution is 2.35. The highest BCUT2D eigenvalue weighted by molar-refractivity contribution is 6.09. The van der Waals surface area contributed by atoms with Crippen molar-refractivity contribution in [1.82, 2.24) is 0 Å². The van der Waals surface area contributed by atoms with E-state index < -0.39 is 11.0 Å². The van der Waals surface area contributed by atoms with Crippen LogP contribution in [0.15, 0.2) is 66.7 Å².